The van der Waals surface area contributed by atoms with Crippen LogP contribution in [0.5, 0.6) is 0 Å². The first-order valence-electron chi connectivity index (χ1n) is 35.9. The first kappa shape index (κ1) is 65.9. The number of nitrogens with zero attached hydrogens (tertiary/aromatic N) is 4. The van der Waals surface area contributed by atoms with E-state index in [2.05, 4.69) is 366 Å². The third-order valence-electron chi connectivity index (χ3n) is 21.5. The van der Waals surface area contributed by atoms with Crippen molar-refractivity contribution in [3.05, 3.63) is 384 Å². The SMILES string of the molecule is CC(C)(C)c1ccc2c(c1)c1cc(C(C)(C)C)ccc1n2-c1ccc(S(=O)c2ccc(N3c4ccccc4C(C)(C)c4ccccc43)cc2)cc1.O=S(c1ccc(N2c3ccccc3C(c3ccccc3)(c3ccccc3)c3ccccc32)cc1)c1ccc(-n2c3ccccc3c3ccccc32)cc1. The summed E-state index contributed by atoms with van der Waals surface area (Å²) in [6.07, 6.45) is 0. The van der Waals surface area contributed by atoms with Crippen molar-refractivity contribution in [2.24, 2.45) is 0 Å². The van der Waals surface area contributed by atoms with Crippen LogP contribution in [0.15, 0.2) is 359 Å². The summed E-state index contributed by atoms with van der Waals surface area (Å²) < 4.78 is 32.7. The molecule has 0 amide bonds. The van der Waals surface area contributed by atoms with Gasteiger partial charge in [-0.05, 0) is 213 Å². The topological polar surface area (TPSA) is 50.5 Å². The van der Waals surface area contributed by atoms with E-state index in [9.17, 15) is 8.42 Å². The van der Waals surface area contributed by atoms with E-state index in [0.717, 1.165) is 64.7 Å². The Balaban J connectivity index is 0.000000154. The highest BCUT2D eigenvalue weighted by atomic mass is 32.2. The van der Waals surface area contributed by atoms with Crippen molar-refractivity contribution >= 4 is 99.3 Å². The largest absolute Gasteiger partial charge is 0.310 e. The molecule has 2 aliphatic heterocycles. The van der Waals surface area contributed by atoms with Crippen LogP contribution in [-0.2, 0) is 43.3 Å². The summed E-state index contributed by atoms with van der Waals surface area (Å²) in [4.78, 5) is 7.78. The molecular formula is C96H80N4O2S2. The Morgan fingerprint density at radius 1 is 0.269 bits per heavy atom. The average Bonchev–Trinajstić information content (AvgIpc) is 1.04. The lowest BCUT2D eigenvalue weighted by atomic mass is 9.62. The molecule has 2 aliphatic rings. The fourth-order valence-corrected chi connectivity index (χ4v) is 18.3. The van der Waals surface area contributed by atoms with Gasteiger partial charge in [-0.25, -0.2) is 8.42 Å². The summed E-state index contributed by atoms with van der Waals surface area (Å²) in [6, 6.07) is 120. The summed E-state index contributed by atoms with van der Waals surface area (Å²) in [5, 5.41) is 4.97. The third kappa shape index (κ3) is 11.0. The van der Waals surface area contributed by atoms with Gasteiger partial charge >= 0.3 is 0 Å². The van der Waals surface area contributed by atoms with Crippen molar-refractivity contribution in [3.8, 4) is 11.4 Å². The van der Waals surface area contributed by atoms with Crippen molar-refractivity contribution in [2.75, 3.05) is 9.80 Å². The molecule has 508 valence electrons. The molecule has 14 aromatic carbocycles. The van der Waals surface area contributed by atoms with E-state index < -0.39 is 27.0 Å². The molecule has 18 rings (SSSR count). The van der Waals surface area contributed by atoms with Crippen LogP contribution in [0, 0.1) is 0 Å². The Morgan fingerprint density at radius 3 is 0.894 bits per heavy atom. The molecule has 104 heavy (non-hydrogen) atoms. The van der Waals surface area contributed by atoms with E-state index in [-0.39, 0.29) is 16.2 Å². The molecule has 0 saturated heterocycles. The average molecular weight is 1390 g/mol. The second-order valence-electron chi connectivity index (χ2n) is 30.0. The Bertz CT molecular complexity index is 5740. The Hall–Kier alpha value is -11.4. The maximum absolute atomic E-state index is 14.0. The molecule has 8 heteroatoms. The molecule has 0 fully saturated rings. The molecule has 0 spiro atoms. The fraction of sp³-hybridized carbons (Fsp3) is 0.125. The molecule has 0 N–H and O–H groups in total. The standard InChI is InChI=1S/C49H34N2OS.C47H46N2OS/c52-53(39-31-27-37(28-32-39)50-45-23-11-7-19-41(45)42-20-8-12-24-46(42)50)40-33-29-38(30-34-40)51-47-25-13-9-21-43(47)49(35-15-3-1-4-16-35,36-17-5-2-6-18-36)44-22-10-14-26-48(44)51;1-45(2,3)31-17-27-41-37(29-31)38-30-32(46(4,5)6)18-28-42(38)48(41)33-19-23-35(24-20-33)51(50)36-25-21-34(22-26-36)49-43-15-11-9-13-39(43)47(7,8)40-14-10-12-16-44(40)49/h1-34H;9-30H,1-8H3. The zero-order valence-electron chi connectivity index (χ0n) is 59.8. The van der Waals surface area contributed by atoms with Crippen molar-refractivity contribution in [3.63, 3.8) is 0 Å². The van der Waals surface area contributed by atoms with E-state index in [4.69, 9.17) is 0 Å². The van der Waals surface area contributed by atoms with E-state index in [0.29, 0.717) is 0 Å². The monoisotopic (exact) mass is 1380 g/mol. The molecule has 4 heterocycles. The fourth-order valence-electron chi connectivity index (χ4n) is 16.2. The highest BCUT2D eigenvalue weighted by Crippen LogP contribution is 2.58. The number of hydrogen-bond donors (Lipinski definition) is 0. The van der Waals surface area contributed by atoms with Gasteiger partial charge in [-0.3, -0.25) is 0 Å². The minimum atomic E-state index is -1.35. The predicted octanol–water partition coefficient (Wildman–Crippen LogP) is 24.8. The molecule has 0 bridgehead atoms. The first-order chi connectivity index (χ1) is 50.5. The van der Waals surface area contributed by atoms with Gasteiger partial charge in [0.25, 0.3) is 0 Å². The number of anilines is 6. The number of aromatic nitrogens is 2. The maximum atomic E-state index is 14.0. The predicted molar refractivity (Wildman–Crippen MR) is 435 cm³/mol. The number of benzene rings is 14. The van der Waals surface area contributed by atoms with Gasteiger partial charge in [-0.2, -0.15) is 0 Å². The lowest BCUT2D eigenvalue weighted by molar-refractivity contribution is 0.590. The van der Waals surface area contributed by atoms with Gasteiger partial charge in [0, 0.05) is 69.3 Å². The second kappa shape index (κ2) is 25.8. The maximum Gasteiger partial charge on any atom is 0.0849 e. The van der Waals surface area contributed by atoms with Crippen molar-refractivity contribution in [2.45, 2.75) is 96.6 Å². The molecule has 0 aliphatic carbocycles. The van der Waals surface area contributed by atoms with Crippen LogP contribution < -0.4 is 9.80 Å². The van der Waals surface area contributed by atoms with Crippen molar-refractivity contribution < 1.29 is 8.42 Å². The summed E-state index contributed by atoms with van der Waals surface area (Å²) in [5.41, 5.74) is 23.0. The zero-order chi connectivity index (χ0) is 71.2. The van der Waals surface area contributed by atoms with Crippen molar-refractivity contribution in [1.29, 1.82) is 0 Å². The summed E-state index contributed by atoms with van der Waals surface area (Å²) >= 11 is 0. The van der Waals surface area contributed by atoms with Gasteiger partial charge in [0.05, 0.1) is 71.8 Å². The summed E-state index contributed by atoms with van der Waals surface area (Å²) in [5.74, 6) is 0. The molecule has 0 saturated carbocycles. The smallest absolute Gasteiger partial charge is 0.0849 e. The van der Waals surface area contributed by atoms with E-state index in [1.807, 2.05) is 48.5 Å². The van der Waals surface area contributed by atoms with Gasteiger partial charge in [0.2, 0.25) is 0 Å². The minimum absolute atomic E-state index is 0.0494. The lowest BCUT2D eigenvalue weighted by Crippen LogP contribution is -2.37. The molecular weight excluding hydrogens is 1310 g/mol. The molecule has 2 unspecified atom stereocenters. The quantitative estimate of drug-likeness (QED) is 0.137. The number of para-hydroxylation sites is 6. The number of rotatable bonds is 10. The summed E-state index contributed by atoms with van der Waals surface area (Å²) in [6.45, 7) is 18.2. The third-order valence-corrected chi connectivity index (χ3v) is 24.3. The van der Waals surface area contributed by atoms with E-state index >= 15 is 0 Å². The Morgan fingerprint density at radius 2 is 0.548 bits per heavy atom. The Labute approximate surface area is 614 Å². The molecule has 2 atom stereocenters. The van der Waals surface area contributed by atoms with Crippen LogP contribution in [0.4, 0.5) is 34.1 Å². The second-order valence-corrected chi connectivity index (χ2v) is 33.0. The first-order valence-corrected chi connectivity index (χ1v) is 38.2. The van der Waals surface area contributed by atoms with Crippen LogP contribution in [-0.4, -0.2) is 17.6 Å². The molecule has 6 nitrogen and oxygen atoms in total. The van der Waals surface area contributed by atoms with E-state index in [1.54, 1.807) is 0 Å². The van der Waals surface area contributed by atoms with Crippen LogP contribution in [0.1, 0.15) is 99.9 Å². The van der Waals surface area contributed by atoms with Gasteiger partial charge in [0.15, 0.2) is 0 Å². The highest BCUT2D eigenvalue weighted by molar-refractivity contribution is 7.85. The summed E-state index contributed by atoms with van der Waals surface area (Å²) in [7, 11) is -2.68. The van der Waals surface area contributed by atoms with Gasteiger partial charge in [0.1, 0.15) is 0 Å². The highest BCUT2D eigenvalue weighted by Gasteiger charge is 2.46. The van der Waals surface area contributed by atoms with E-state index in [1.165, 1.54) is 88.5 Å². The Kier molecular flexibility index (Phi) is 16.4. The lowest BCUT2D eigenvalue weighted by Gasteiger charge is -2.46. The van der Waals surface area contributed by atoms with Gasteiger partial charge < -0.3 is 18.9 Å². The number of hydrogen-bond acceptors (Lipinski definition) is 4. The van der Waals surface area contributed by atoms with Gasteiger partial charge in [-0.1, -0.05) is 237 Å². The van der Waals surface area contributed by atoms with Crippen LogP contribution >= 0.6 is 0 Å². The van der Waals surface area contributed by atoms with Crippen molar-refractivity contribution in [1.82, 2.24) is 9.13 Å². The van der Waals surface area contributed by atoms with Crippen LogP contribution in [0.3, 0.4) is 0 Å². The normalized spacial score (nSPS) is 14.3. The molecule has 2 aromatic heterocycles. The van der Waals surface area contributed by atoms with Crippen LogP contribution in [0.2, 0.25) is 0 Å². The van der Waals surface area contributed by atoms with Gasteiger partial charge in [-0.15, -0.1) is 0 Å². The number of fused-ring (bicyclic) bond motifs is 10. The molecule has 16 aromatic rings. The zero-order valence-corrected chi connectivity index (χ0v) is 61.4. The molecule has 0 radical (unpaired) electrons. The van der Waals surface area contributed by atoms with Crippen LogP contribution in [0.25, 0.3) is 55.0 Å². The minimum Gasteiger partial charge on any atom is -0.310 e.